The highest BCUT2D eigenvalue weighted by atomic mass is 19.1. The van der Waals surface area contributed by atoms with Crippen molar-refractivity contribution >= 4 is 39.9 Å². The first kappa shape index (κ1) is 33.5. The lowest BCUT2D eigenvalue weighted by atomic mass is 9.93. The molecule has 7 rings (SSSR count). The minimum Gasteiger partial charge on any atom is -0.468 e. The molecule has 0 radical (unpaired) electrons. The van der Waals surface area contributed by atoms with Crippen molar-refractivity contribution in [3.8, 4) is 35.2 Å². The molecule has 2 atom stereocenters. The fourth-order valence-corrected chi connectivity index (χ4v) is 6.99. The van der Waals surface area contributed by atoms with E-state index in [1.165, 1.54) is 19.2 Å². The van der Waals surface area contributed by atoms with Gasteiger partial charge in [0.15, 0.2) is 12.6 Å². The van der Waals surface area contributed by atoms with Gasteiger partial charge in [-0.15, -0.1) is 6.42 Å². The molecule has 1 saturated carbocycles. The minimum absolute atomic E-state index is 0.0316. The fraction of sp³-hybridized carbons (Fsp3) is 0.421. The monoisotopic (exact) mass is 684 g/mol. The number of carbonyl (C=O) groups is 2. The molecule has 2 saturated heterocycles. The van der Waals surface area contributed by atoms with Gasteiger partial charge in [0.05, 0.1) is 23.1 Å². The van der Waals surface area contributed by atoms with Gasteiger partial charge in [0.1, 0.15) is 41.4 Å². The van der Waals surface area contributed by atoms with Gasteiger partial charge in [0.2, 0.25) is 0 Å². The van der Waals surface area contributed by atoms with Crippen molar-refractivity contribution in [3.63, 3.8) is 0 Å². The minimum atomic E-state index is -0.933. The second-order valence-corrected chi connectivity index (χ2v) is 14.3. The molecular weight excluding hydrogens is 646 g/mol. The Morgan fingerprint density at radius 1 is 1.10 bits per heavy atom. The molecule has 4 aromatic rings. The van der Waals surface area contributed by atoms with Gasteiger partial charge in [0, 0.05) is 42.1 Å². The second-order valence-electron chi connectivity index (χ2n) is 14.3. The maximum Gasteiger partial charge on any atom is 0.410 e. The lowest BCUT2D eigenvalue weighted by Gasteiger charge is -2.42. The number of halogens is 2. The number of aldehydes is 1. The maximum absolute atomic E-state index is 17.1. The van der Waals surface area contributed by atoms with Crippen molar-refractivity contribution in [3.05, 3.63) is 53.6 Å². The number of methoxy groups -OCH3 is 1. The van der Waals surface area contributed by atoms with Gasteiger partial charge >= 0.3 is 12.1 Å². The van der Waals surface area contributed by atoms with Crippen molar-refractivity contribution in [1.29, 1.82) is 0 Å². The lowest BCUT2D eigenvalue weighted by Crippen LogP contribution is -2.57. The lowest BCUT2D eigenvalue weighted by molar-refractivity contribution is -0.113. The standard InChI is InChI=1S/C38H38F2N4O6/c1-6-22-8-7-9-23-14-26(49-21-47-5)15-27(30(22)23)31-29(39)16-28-33(32(31)40)41-35(48-20-38(19-45)12-13-38)42-34(28)43-17-24-10-11-25(18-43)44(24)36(46)50-37(2,3)4/h1,7-9,14-16,19,24-25H,10-13,17-18,20-21H2,2-5H3. The first-order chi connectivity index (χ1) is 23.9. The van der Waals surface area contributed by atoms with E-state index in [-0.39, 0.29) is 65.4 Å². The molecule has 10 nitrogen and oxygen atoms in total. The van der Waals surface area contributed by atoms with Gasteiger partial charge in [-0.2, -0.15) is 9.97 Å². The number of hydrogen-bond donors (Lipinski definition) is 0. The molecule has 0 N–H and O–H groups in total. The summed E-state index contributed by atoms with van der Waals surface area (Å²) >= 11 is 0. The van der Waals surface area contributed by atoms with Crippen molar-refractivity contribution < 1.29 is 37.3 Å². The second kappa shape index (κ2) is 12.7. The highest BCUT2D eigenvalue weighted by Crippen LogP contribution is 2.45. The SMILES string of the molecule is C#Cc1cccc2cc(OCOC)cc(-c3c(F)cc4c(N5CC6CCC(C5)N6C(=O)OC(C)(C)C)nc(OCC5(C=O)CC5)nc4c3F)c12. The molecule has 2 unspecified atom stereocenters. The van der Waals surface area contributed by atoms with Gasteiger partial charge in [-0.05, 0) is 76.1 Å². The normalized spacial score (nSPS) is 19.4. The van der Waals surface area contributed by atoms with Crippen LogP contribution in [0.3, 0.4) is 0 Å². The van der Waals surface area contributed by atoms with Crippen LogP contribution in [0.4, 0.5) is 19.4 Å². The first-order valence-corrected chi connectivity index (χ1v) is 16.6. The number of terminal acetylenes is 1. The Morgan fingerprint density at radius 2 is 1.84 bits per heavy atom. The predicted molar refractivity (Wildman–Crippen MR) is 183 cm³/mol. The van der Waals surface area contributed by atoms with Crippen LogP contribution in [0.25, 0.3) is 32.8 Å². The highest BCUT2D eigenvalue weighted by Gasteiger charge is 2.46. The van der Waals surface area contributed by atoms with Crippen molar-refractivity contribution in [2.45, 2.75) is 64.1 Å². The number of fused-ring (bicyclic) bond motifs is 4. The predicted octanol–water partition coefficient (Wildman–Crippen LogP) is 6.64. The third kappa shape index (κ3) is 6.15. The summed E-state index contributed by atoms with van der Waals surface area (Å²) in [5, 5.41) is 1.24. The number of benzene rings is 3. The van der Waals surface area contributed by atoms with Gasteiger partial charge in [-0.3, -0.25) is 4.90 Å². The van der Waals surface area contributed by atoms with Crippen LogP contribution in [0, 0.1) is 29.4 Å². The van der Waals surface area contributed by atoms with Gasteiger partial charge in [-0.25, -0.2) is 13.6 Å². The average Bonchev–Trinajstić information content (AvgIpc) is 3.82. The smallest absolute Gasteiger partial charge is 0.410 e. The Labute approximate surface area is 288 Å². The van der Waals surface area contributed by atoms with Gasteiger partial charge in [0.25, 0.3) is 0 Å². The topological polar surface area (TPSA) is 103 Å². The molecule has 2 aliphatic heterocycles. The number of carbonyl (C=O) groups excluding carboxylic acids is 2. The summed E-state index contributed by atoms with van der Waals surface area (Å²) in [7, 11) is 1.47. The van der Waals surface area contributed by atoms with Crippen LogP contribution < -0.4 is 14.4 Å². The zero-order chi connectivity index (χ0) is 35.4. The Balaban J connectivity index is 1.36. The summed E-state index contributed by atoms with van der Waals surface area (Å²) in [6.45, 7) is 6.15. The van der Waals surface area contributed by atoms with Crippen LogP contribution in [0.5, 0.6) is 11.8 Å². The summed E-state index contributed by atoms with van der Waals surface area (Å²) in [5.74, 6) is 1.46. The molecule has 0 spiro atoms. The number of aromatic nitrogens is 2. The Morgan fingerprint density at radius 3 is 2.48 bits per heavy atom. The van der Waals surface area contributed by atoms with E-state index in [1.54, 1.807) is 29.2 Å². The van der Waals surface area contributed by atoms with Gasteiger partial charge < -0.3 is 28.6 Å². The quantitative estimate of drug-likeness (QED) is 0.109. The van der Waals surface area contributed by atoms with E-state index >= 15 is 8.78 Å². The molecule has 1 aromatic heterocycles. The molecule has 1 aliphatic carbocycles. The summed E-state index contributed by atoms with van der Waals surface area (Å²) in [5.41, 5.74) is -1.15. The van der Waals surface area contributed by atoms with Gasteiger partial charge in [-0.1, -0.05) is 18.1 Å². The first-order valence-electron chi connectivity index (χ1n) is 16.6. The van der Waals surface area contributed by atoms with Crippen molar-refractivity contribution in [1.82, 2.24) is 14.9 Å². The van der Waals surface area contributed by atoms with Crippen molar-refractivity contribution in [2.75, 3.05) is 38.5 Å². The number of rotatable bonds is 9. The third-order valence-corrected chi connectivity index (χ3v) is 9.58. The van der Waals surface area contributed by atoms with Crippen molar-refractivity contribution in [2.24, 2.45) is 5.41 Å². The van der Waals surface area contributed by atoms with Crippen LogP contribution in [-0.4, -0.2) is 78.5 Å². The number of hydrogen-bond acceptors (Lipinski definition) is 9. The van der Waals surface area contributed by atoms with Crippen LogP contribution in [0.2, 0.25) is 0 Å². The molecule has 1 amide bonds. The Hall–Kier alpha value is -5.02. The zero-order valence-electron chi connectivity index (χ0n) is 28.4. The number of piperazine rings is 1. The largest absolute Gasteiger partial charge is 0.468 e. The van der Waals surface area contributed by atoms with Crippen LogP contribution in [0.1, 0.15) is 52.0 Å². The van der Waals surface area contributed by atoms with Crippen LogP contribution in [-0.2, 0) is 14.3 Å². The van der Waals surface area contributed by atoms with E-state index in [0.717, 1.165) is 19.1 Å². The van der Waals surface area contributed by atoms with E-state index in [2.05, 4.69) is 15.9 Å². The van der Waals surface area contributed by atoms with E-state index in [1.807, 2.05) is 25.7 Å². The highest BCUT2D eigenvalue weighted by molar-refractivity contribution is 6.04. The maximum atomic E-state index is 17.1. The summed E-state index contributed by atoms with van der Waals surface area (Å²) in [6.07, 6.45) is 9.16. The van der Waals surface area contributed by atoms with Crippen LogP contribution in [0.15, 0.2) is 36.4 Å². The summed E-state index contributed by atoms with van der Waals surface area (Å²) in [4.78, 5) is 37.7. The molecule has 3 aliphatic rings. The molecule has 3 fully saturated rings. The van der Waals surface area contributed by atoms with E-state index in [0.29, 0.717) is 48.0 Å². The zero-order valence-corrected chi connectivity index (χ0v) is 28.4. The van der Waals surface area contributed by atoms with E-state index in [4.69, 9.17) is 25.4 Å². The van der Waals surface area contributed by atoms with E-state index < -0.39 is 22.7 Å². The summed E-state index contributed by atoms with van der Waals surface area (Å²) in [6, 6.07) is 9.22. The molecule has 50 heavy (non-hydrogen) atoms. The van der Waals surface area contributed by atoms with Crippen LogP contribution >= 0.6 is 0 Å². The fourth-order valence-electron chi connectivity index (χ4n) is 6.99. The number of ether oxygens (including phenoxy) is 4. The average molecular weight is 685 g/mol. The molecule has 3 heterocycles. The molecule has 3 aromatic carbocycles. The number of amides is 1. The number of nitrogens with zero attached hydrogens (tertiary/aromatic N) is 4. The Bertz CT molecular complexity index is 2040. The third-order valence-electron chi connectivity index (χ3n) is 9.58. The molecule has 260 valence electrons. The molecule has 12 heteroatoms. The molecule has 2 bridgehead atoms. The summed E-state index contributed by atoms with van der Waals surface area (Å²) < 4.78 is 56.1. The number of anilines is 1. The van der Waals surface area contributed by atoms with E-state index in [9.17, 15) is 9.59 Å². The molecular formula is C38H38F2N4O6. The Kier molecular flexibility index (Phi) is 8.50.